The van der Waals surface area contributed by atoms with Gasteiger partial charge in [-0.1, -0.05) is 12.7 Å². The lowest BCUT2D eigenvalue weighted by Crippen LogP contribution is -1.99. The largest absolute Gasteiger partial charge is 0.379 e. The van der Waals surface area contributed by atoms with Crippen molar-refractivity contribution in [3.63, 3.8) is 0 Å². The Balaban J connectivity index is 4.05. The molecule has 0 spiro atoms. The molecule has 4 heteroatoms. The molecule has 0 aliphatic heterocycles. The van der Waals surface area contributed by atoms with E-state index in [1.807, 2.05) is 22.6 Å². The summed E-state index contributed by atoms with van der Waals surface area (Å²) in [6.45, 7) is 3.51. The van der Waals surface area contributed by atoms with Gasteiger partial charge in [0.2, 0.25) is 0 Å². The summed E-state index contributed by atoms with van der Waals surface area (Å²) >= 11 is 4.02. The van der Waals surface area contributed by atoms with Crippen molar-refractivity contribution in [1.29, 1.82) is 0 Å². The molecule has 0 radical (unpaired) electrons. The van der Waals surface area contributed by atoms with Gasteiger partial charge in [-0.2, -0.15) is 0 Å². The van der Waals surface area contributed by atoms with Gasteiger partial charge in [0.25, 0.3) is 0 Å². The van der Waals surface area contributed by atoms with Crippen LogP contribution in [0.3, 0.4) is 0 Å². The smallest absolute Gasteiger partial charge is 0.163 e. The van der Waals surface area contributed by atoms with Crippen LogP contribution in [0.1, 0.15) is 0 Å². The van der Waals surface area contributed by atoms with Gasteiger partial charge in [0.05, 0.1) is 0 Å². The summed E-state index contributed by atoms with van der Waals surface area (Å²) in [7, 11) is 0. The SMILES string of the molecule is C=C/C=C(I)\N=C(/N)I. The predicted molar refractivity (Wildman–Crippen MR) is 57.9 cm³/mol. The second-order valence-corrected chi connectivity index (χ2v) is 3.37. The molecule has 0 rings (SSSR count). The fraction of sp³-hybridized carbons (Fsp3) is 0. The summed E-state index contributed by atoms with van der Waals surface area (Å²) < 4.78 is 1.38. The minimum Gasteiger partial charge on any atom is -0.379 e. The maximum atomic E-state index is 5.28. The lowest BCUT2D eigenvalue weighted by atomic mass is 10.6. The van der Waals surface area contributed by atoms with Crippen molar-refractivity contribution in [1.82, 2.24) is 0 Å². The van der Waals surface area contributed by atoms with Gasteiger partial charge in [0.15, 0.2) is 3.84 Å². The predicted octanol–water partition coefficient (Wildman–Crippen LogP) is 2.20. The number of hydrogen-bond acceptors (Lipinski definition) is 1. The molecule has 0 fully saturated rings. The van der Waals surface area contributed by atoms with Crippen molar-refractivity contribution in [2.75, 3.05) is 0 Å². The van der Waals surface area contributed by atoms with Crippen LogP contribution in [0.25, 0.3) is 0 Å². The van der Waals surface area contributed by atoms with E-state index < -0.39 is 0 Å². The van der Waals surface area contributed by atoms with E-state index in [1.54, 1.807) is 12.2 Å². The Bertz CT molecular complexity index is 156. The van der Waals surface area contributed by atoms with Gasteiger partial charge in [-0.25, -0.2) is 4.99 Å². The monoisotopic (exact) mass is 348 g/mol. The number of nitrogens with two attached hydrogens (primary N) is 1. The highest BCUT2D eigenvalue weighted by molar-refractivity contribution is 14.1. The third-order valence-corrected chi connectivity index (χ3v) is 1.31. The van der Waals surface area contributed by atoms with Gasteiger partial charge >= 0.3 is 0 Å². The first-order valence-electron chi connectivity index (χ1n) is 2.14. The molecule has 0 aromatic carbocycles. The van der Waals surface area contributed by atoms with Gasteiger partial charge in [-0.15, -0.1) is 0 Å². The summed E-state index contributed by atoms with van der Waals surface area (Å²) in [6.07, 6.45) is 3.46. The van der Waals surface area contributed by atoms with Crippen molar-refractivity contribution in [3.8, 4) is 0 Å². The van der Waals surface area contributed by atoms with Crippen LogP contribution in [0.5, 0.6) is 0 Å². The first-order valence-corrected chi connectivity index (χ1v) is 4.30. The summed E-state index contributed by atoms with van der Waals surface area (Å²) in [6, 6.07) is 0. The zero-order valence-corrected chi connectivity index (χ0v) is 8.96. The fourth-order valence-electron chi connectivity index (χ4n) is 0.237. The Labute approximate surface area is 81.6 Å². The van der Waals surface area contributed by atoms with E-state index in [-0.39, 0.29) is 0 Å². The maximum absolute atomic E-state index is 5.28. The van der Waals surface area contributed by atoms with Crippen LogP contribution < -0.4 is 5.73 Å². The Morgan fingerprint density at radius 1 is 1.56 bits per heavy atom. The number of nitrogens with zero attached hydrogens (tertiary/aromatic N) is 1. The molecule has 0 aliphatic rings. The molecule has 0 aromatic rings. The lowest BCUT2D eigenvalue weighted by molar-refractivity contribution is 1.53. The van der Waals surface area contributed by atoms with Crippen LogP contribution in [-0.4, -0.2) is 3.84 Å². The zero-order chi connectivity index (χ0) is 7.28. The Morgan fingerprint density at radius 2 is 2.11 bits per heavy atom. The molecular weight excluding hydrogens is 342 g/mol. The summed E-state index contributed by atoms with van der Waals surface area (Å²) in [5, 5.41) is 0. The molecule has 0 aromatic heterocycles. The highest BCUT2D eigenvalue weighted by Gasteiger charge is 1.83. The number of aliphatic imine (C=N–C) groups is 1. The van der Waals surface area contributed by atoms with Crippen LogP contribution in [0, 0.1) is 0 Å². The Kier molecular flexibility index (Phi) is 5.45. The third kappa shape index (κ3) is 6.29. The maximum Gasteiger partial charge on any atom is 0.163 e. The minimum atomic E-state index is 0.537. The van der Waals surface area contributed by atoms with E-state index in [0.717, 1.165) is 3.70 Å². The molecule has 0 amide bonds. The van der Waals surface area contributed by atoms with Gasteiger partial charge in [0.1, 0.15) is 3.70 Å². The van der Waals surface area contributed by atoms with E-state index in [9.17, 15) is 0 Å². The zero-order valence-electron chi connectivity index (χ0n) is 4.64. The molecule has 2 nitrogen and oxygen atoms in total. The fourth-order valence-corrected chi connectivity index (χ4v) is 1.47. The lowest BCUT2D eigenvalue weighted by Gasteiger charge is -1.86. The van der Waals surface area contributed by atoms with Gasteiger partial charge < -0.3 is 5.73 Å². The quantitative estimate of drug-likeness (QED) is 0.269. The van der Waals surface area contributed by atoms with Crippen molar-refractivity contribution >= 4 is 49.0 Å². The van der Waals surface area contributed by atoms with Crippen LogP contribution in [0.4, 0.5) is 0 Å². The van der Waals surface area contributed by atoms with Crippen molar-refractivity contribution in [2.24, 2.45) is 10.7 Å². The number of allylic oxidation sites excluding steroid dienone is 2. The number of halogens is 2. The van der Waals surface area contributed by atoms with Crippen LogP contribution in [0.2, 0.25) is 0 Å². The molecule has 0 heterocycles. The van der Waals surface area contributed by atoms with Crippen molar-refractivity contribution in [2.45, 2.75) is 0 Å². The molecule has 0 atom stereocenters. The van der Waals surface area contributed by atoms with E-state index in [2.05, 4.69) is 34.2 Å². The average Bonchev–Trinajstić information content (AvgIpc) is 1.63. The summed E-state index contributed by atoms with van der Waals surface area (Å²) in [5.41, 5.74) is 5.28. The Morgan fingerprint density at radius 3 is 2.44 bits per heavy atom. The second-order valence-electron chi connectivity index (χ2n) is 1.16. The molecule has 0 saturated heterocycles. The first-order chi connectivity index (χ1) is 4.16. The minimum absolute atomic E-state index is 0.537. The number of hydrogen-bond donors (Lipinski definition) is 1. The molecular formula is C5H6I2N2. The highest BCUT2D eigenvalue weighted by atomic mass is 127. The van der Waals surface area contributed by atoms with Crippen molar-refractivity contribution in [3.05, 3.63) is 22.4 Å². The average molecular weight is 348 g/mol. The van der Waals surface area contributed by atoms with Gasteiger partial charge in [-0.3, -0.25) is 0 Å². The summed E-state index contributed by atoms with van der Waals surface area (Å²) in [4.78, 5) is 3.92. The van der Waals surface area contributed by atoms with Crippen LogP contribution in [0.15, 0.2) is 27.4 Å². The first kappa shape index (κ1) is 9.41. The summed E-state index contributed by atoms with van der Waals surface area (Å²) in [5.74, 6) is 0. The molecule has 0 bridgehead atoms. The molecule has 0 saturated carbocycles. The van der Waals surface area contributed by atoms with E-state index >= 15 is 0 Å². The van der Waals surface area contributed by atoms with Gasteiger partial charge in [0, 0.05) is 0 Å². The second kappa shape index (κ2) is 5.21. The number of rotatable bonds is 2. The molecule has 9 heavy (non-hydrogen) atoms. The standard InChI is InChI=1S/C5H6I2N2/c1-2-3-4(6)9-5(7)8/h2-3H,1H2,(H2,8,9)/b4-3-. The van der Waals surface area contributed by atoms with Crippen molar-refractivity contribution < 1.29 is 0 Å². The molecule has 0 aliphatic carbocycles. The van der Waals surface area contributed by atoms with Gasteiger partial charge in [-0.05, 0) is 51.3 Å². The van der Waals surface area contributed by atoms with E-state index in [0.29, 0.717) is 3.84 Å². The third-order valence-electron chi connectivity index (χ3n) is 0.469. The molecule has 50 valence electrons. The molecule has 0 unspecified atom stereocenters. The number of amidine groups is 1. The van der Waals surface area contributed by atoms with Crippen LogP contribution >= 0.6 is 45.2 Å². The van der Waals surface area contributed by atoms with Crippen LogP contribution in [-0.2, 0) is 0 Å². The van der Waals surface area contributed by atoms with E-state index in [4.69, 9.17) is 5.73 Å². The van der Waals surface area contributed by atoms with E-state index in [1.165, 1.54) is 0 Å². The topological polar surface area (TPSA) is 38.4 Å². The Hall–Kier alpha value is 0.410. The normalized spacial score (nSPS) is 13.6. The molecule has 2 N–H and O–H groups in total. The highest BCUT2D eigenvalue weighted by Crippen LogP contribution is 2.07.